The van der Waals surface area contributed by atoms with Gasteiger partial charge in [-0.2, -0.15) is 0 Å². The van der Waals surface area contributed by atoms with Crippen molar-refractivity contribution < 1.29 is 0 Å². The fourth-order valence-corrected chi connectivity index (χ4v) is 3.90. The van der Waals surface area contributed by atoms with Crippen LogP contribution >= 0.6 is 23.2 Å². The zero-order chi connectivity index (χ0) is 19.6. The maximum Gasteiger partial charge on any atom is 0.332 e. The summed E-state index contributed by atoms with van der Waals surface area (Å²) in [5.41, 5.74) is 3.24. The summed E-state index contributed by atoms with van der Waals surface area (Å²) in [5.74, 6) is 0. The molecule has 7 heteroatoms. The molecule has 0 spiro atoms. The van der Waals surface area contributed by atoms with Gasteiger partial charge in [-0.1, -0.05) is 49.9 Å². The Balaban J connectivity index is 2.15. The summed E-state index contributed by atoms with van der Waals surface area (Å²) in [6, 6.07) is 7.40. The van der Waals surface area contributed by atoms with Crippen molar-refractivity contribution in [2.45, 2.75) is 52.5 Å². The number of halogens is 2. The molecule has 0 aliphatic carbocycles. The SMILES string of the molecule is CCCC(CCC)Nc1cc(C)nc2c1[nH]c(=O)n2-c1ccc(Cl)cc1Cl. The third-order valence-corrected chi connectivity index (χ3v) is 5.10. The van der Waals surface area contributed by atoms with Gasteiger partial charge in [-0.05, 0) is 44.0 Å². The van der Waals surface area contributed by atoms with Crippen LogP contribution in [0.5, 0.6) is 0 Å². The van der Waals surface area contributed by atoms with Crippen molar-refractivity contribution in [3.05, 3.63) is 50.5 Å². The molecule has 2 N–H and O–H groups in total. The molecular weight excluding hydrogens is 383 g/mol. The van der Waals surface area contributed by atoms with Crippen LogP contribution < -0.4 is 11.0 Å². The number of hydrogen-bond donors (Lipinski definition) is 2. The van der Waals surface area contributed by atoms with E-state index in [1.54, 1.807) is 18.2 Å². The smallest absolute Gasteiger partial charge is 0.332 e. The Hall–Kier alpha value is -1.98. The first-order valence-electron chi connectivity index (χ1n) is 9.28. The monoisotopic (exact) mass is 406 g/mol. The van der Waals surface area contributed by atoms with E-state index in [2.05, 4.69) is 29.1 Å². The summed E-state index contributed by atoms with van der Waals surface area (Å²) in [7, 11) is 0. The van der Waals surface area contributed by atoms with Gasteiger partial charge in [0, 0.05) is 16.8 Å². The van der Waals surface area contributed by atoms with Crippen molar-refractivity contribution in [3.63, 3.8) is 0 Å². The third kappa shape index (κ3) is 4.14. The van der Waals surface area contributed by atoms with Gasteiger partial charge >= 0.3 is 5.69 Å². The van der Waals surface area contributed by atoms with E-state index < -0.39 is 0 Å². The highest BCUT2D eigenvalue weighted by Gasteiger charge is 2.18. The molecular formula is C20H24Cl2N4O. The Kier molecular flexibility index (Phi) is 6.12. The van der Waals surface area contributed by atoms with Crippen LogP contribution in [0.15, 0.2) is 29.1 Å². The molecule has 3 aromatic rings. The molecule has 144 valence electrons. The topological polar surface area (TPSA) is 62.7 Å². The summed E-state index contributed by atoms with van der Waals surface area (Å²) >= 11 is 12.3. The zero-order valence-electron chi connectivity index (χ0n) is 15.8. The van der Waals surface area contributed by atoms with Crippen molar-refractivity contribution in [2.75, 3.05) is 5.32 Å². The number of fused-ring (bicyclic) bond motifs is 1. The van der Waals surface area contributed by atoms with E-state index in [9.17, 15) is 4.79 Å². The number of aromatic amines is 1. The van der Waals surface area contributed by atoms with Crippen LogP contribution in [-0.2, 0) is 0 Å². The average Bonchev–Trinajstić information content (AvgIpc) is 2.92. The van der Waals surface area contributed by atoms with Crippen molar-refractivity contribution >= 4 is 40.1 Å². The van der Waals surface area contributed by atoms with Gasteiger partial charge in [-0.3, -0.25) is 0 Å². The fourth-order valence-electron chi connectivity index (χ4n) is 3.41. The first-order valence-corrected chi connectivity index (χ1v) is 10.0. The second-order valence-electron chi connectivity index (χ2n) is 6.79. The van der Waals surface area contributed by atoms with Crippen LogP contribution in [0, 0.1) is 6.92 Å². The number of pyridine rings is 1. The van der Waals surface area contributed by atoms with E-state index >= 15 is 0 Å². The van der Waals surface area contributed by atoms with Crippen LogP contribution in [0.4, 0.5) is 5.69 Å². The molecule has 0 radical (unpaired) electrons. The van der Waals surface area contributed by atoms with E-state index in [0.29, 0.717) is 32.9 Å². The van der Waals surface area contributed by atoms with Gasteiger partial charge in [0.1, 0.15) is 5.52 Å². The molecule has 0 aliphatic rings. The standard InChI is InChI=1S/C20H24Cl2N4O/c1-4-6-14(7-5-2)24-16-10-12(3)23-19-18(16)25-20(27)26(19)17-9-8-13(21)11-15(17)22/h8-11,14H,4-7H2,1-3H3,(H,23,24)(H,25,27). The maximum absolute atomic E-state index is 12.7. The summed E-state index contributed by atoms with van der Waals surface area (Å²) in [6.07, 6.45) is 4.35. The number of anilines is 1. The average molecular weight is 407 g/mol. The predicted molar refractivity (Wildman–Crippen MR) is 114 cm³/mol. The second-order valence-corrected chi connectivity index (χ2v) is 7.63. The number of benzene rings is 1. The van der Waals surface area contributed by atoms with Gasteiger partial charge in [0.2, 0.25) is 0 Å². The van der Waals surface area contributed by atoms with Gasteiger partial charge in [-0.25, -0.2) is 14.3 Å². The highest BCUT2D eigenvalue weighted by Crippen LogP contribution is 2.28. The molecule has 0 saturated carbocycles. The van der Waals surface area contributed by atoms with E-state index in [4.69, 9.17) is 23.2 Å². The predicted octanol–water partition coefficient (Wildman–Crippen LogP) is 5.71. The van der Waals surface area contributed by atoms with Crippen LogP contribution in [0.3, 0.4) is 0 Å². The molecule has 0 aliphatic heterocycles. The molecule has 27 heavy (non-hydrogen) atoms. The van der Waals surface area contributed by atoms with Crippen molar-refractivity contribution in [1.29, 1.82) is 0 Å². The molecule has 1 aromatic carbocycles. The molecule has 3 rings (SSSR count). The molecule has 2 aromatic heterocycles. The first-order chi connectivity index (χ1) is 12.9. The Morgan fingerprint density at radius 1 is 1.19 bits per heavy atom. The van der Waals surface area contributed by atoms with Gasteiger partial charge in [0.15, 0.2) is 5.65 Å². The Bertz CT molecular complexity index is 1000. The number of H-pyrrole nitrogens is 1. The Morgan fingerprint density at radius 3 is 2.52 bits per heavy atom. The Labute approximate surface area is 168 Å². The second kappa shape index (κ2) is 8.36. The molecule has 0 saturated heterocycles. The van der Waals surface area contributed by atoms with E-state index in [1.807, 2.05) is 13.0 Å². The van der Waals surface area contributed by atoms with Gasteiger partial charge in [-0.15, -0.1) is 0 Å². The highest BCUT2D eigenvalue weighted by atomic mass is 35.5. The summed E-state index contributed by atoms with van der Waals surface area (Å²) in [5, 5.41) is 4.52. The number of rotatable bonds is 7. The molecule has 0 amide bonds. The van der Waals surface area contributed by atoms with Crippen LogP contribution in [0.1, 0.15) is 45.2 Å². The minimum Gasteiger partial charge on any atom is -0.380 e. The van der Waals surface area contributed by atoms with Gasteiger partial charge < -0.3 is 10.3 Å². The summed E-state index contributed by atoms with van der Waals surface area (Å²) < 4.78 is 1.50. The minimum absolute atomic E-state index is 0.280. The fraction of sp³-hybridized carbons (Fsp3) is 0.400. The molecule has 0 fully saturated rings. The normalized spacial score (nSPS) is 11.5. The number of aromatic nitrogens is 3. The maximum atomic E-state index is 12.7. The summed E-state index contributed by atoms with van der Waals surface area (Å²) in [6.45, 7) is 6.28. The first kappa shape index (κ1) is 19.8. The van der Waals surface area contributed by atoms with E-state index in [1.165, 1.54) is 4.57 Å². The quantitative estimate of drug-likeness (QED) is 0.527. The number of aryl methyl sites for hydroxylation is 1. The lowest BCUT2D eigenvalue weighted by molar-refractivity contribution is 0.586. The van der Waals surface area contributed by atoms with Crippen LogP contribution in [0.2, 0.25) is 10.0 Å². The molecule has 0 unspecified atom stereocenters. The highest BCUT2D eigenvalue weighted by molar-refractivity contribution is 6.35. The van der Waals surface area contributed by atoms with Gasteiger partial charge in [0.05, 0.1) is 16.4 Å². The Morgan fingerprint density at radius 2 is 1.89 bits per heavy atom. The number of imidazole rings is 1. The van der Waals surface area contributed by atoms with E-state index in [-0.39, 0.29) is 5.69 Å². The van der Waals surface area contributed by atoms with Crippen LogP contribution in [-0.4, -0.2) is 20.6 Å². The number of nitrogens with zero attached hydrogens (tertiary/aromatic N) is 2. The number of hydrogen-bond acceptors (Lipinski definition) is 3. The molecule has 0 atom stereocenters. The van der Waals surface area contributed by atoms with Crippen molar-refractivity contribution in [3.8, 4) is 5.69 Å². The lowest BCUT2D eigenvalue weighted by Crippen LogP contribution is -2.19. The van der Waals surface area contributed by atoms with Gasteiger partial charge in [0.25, 0.3) is 0 Å². The third-order valence-electron chi connectivity index (χ3n) is 4.56. The zero-order valence-corrected chi connectivity index (χ0v) is 17.3. The van der Waals surface area contributed by atoms with Crippen molar-refractivity contribution in [1.82, 2.24) is 14.5 Å². The van der Waals surface area contributed by atoms with Crippen molar-refractivity contribution in [2.24, 2.45) is 0 Å². The lowest BCUT2D eigenvalue weighted by Gasteiger charge is -2.19. The molecule has 0 bridgehead atoms. The molecule has 5 nitrogen and oxygen atoms in total. The molecule has 2 heterocycles. The number of nitrogens with one attached hydrogen (secondary N) is 2. The van der Waals surface area contributed by atoms with E-state index in [0.717, 1.165) is 37.1 Å². The minimum atomic E-state index is -0.280. The van der Waals surface area contributed by atoms with Crippen LogP contribution in [0.25, 0.3) is 16.9 Å². The largest absolute Gasteiger partial charge is 0.380 e. The summed E-state index contributed by atoms with van der Waals surface area (Å²) in [4.78, 5) is 20.3. The lowest BCUT2D eigenvalue weighted by atomic mass is 10.1.